The molecule has 0 aromatic heterocycles. The highest BCUT2D eigenvalue weighted by Gasteiger charge is 2.38. The van der Waals surface area contributed by atoms with Crippen molar-refractivity contribution in [1.29, 1.82) is 0 Å². The average Bonchev–Trinajstić information content (AvgIpc) is 3.40. The summed E-state index contributed by atoms with van der Waals surface area (Å²) in [6, 6.07) is 6.69. The molecule has 0 saturated carbocycles. The van der Waals surface area contributed by atoms with Gasteiger partial charge in [-0.2, -0.15) is 0 Å². The molecule has 2 aliphatic heterocycles. The molecule has 1 aromatic rings. The van der Waals surface area contributed by atoms with Gasteiger partial charge in [-0.25, -0.2) is 0 Å². The maximum Gasteiger partial charge on any atom is 0.236 e. The van der Waals surface area contributed by atoms with Crippen molar-refractivity contribution in [1.82, 2.24) is 9.80 Å². The lowest BCUT2D eigenvalue weighted by atomic mass is 9.80. The lowest BCUT2D eigenvalue weighted by Gasteiger charge is -2.33. The van der Waals surface area contributed by atoms with Gasteiger partial charge < -0.3 is 19.5 Å². The Kier molecular flexibility index (Phi) is 9.45. The maximum absolute atomic E-state index is 13.3. The maximum atomic E-state index is 13.3. The van der Waals surface area contributed by atoms with Gasteiger partial charge in [-0.3, -0.25) is 9.69 Å². The van der Waals surface area contributed by atoms with Crippen molar-refractivity contribution >= 4 is 5.91 Å². The van der Waals surface area contributed by atoms with E-state index in [1.165, 1.54) is 18.4 Å². The van der Waals surface area contributed by atoms with E-state index in [0.717, 1.165) is 50.3 Å². The van der Waals surface area contributed by atoms with Crippen molar-refractivity contribution in [3.63, 3.8) is 0 Å². The molecular formula is C27H44N2O4. The molecule has 0 aliphatic carbocycles. The summed E-state index contributed by atoms with van der Waals surface area (Å²) in [5.41, 5.74) is 1.53. The molecule has 2 atom stereocenters. The summed E-state index contributed by atoms with van der Waals surface area (Å²) < 4.78 is 11.1. The molecule has 0 spiro atoms. The van der Waals surface area contributed by atoms with Crippen molar-refractivity contribution < 1.29 is 19.4 Å². The van der Waals surface area contributed by atoms with Gasteiger partial charge in [0.2, 0.25) is 12.7 Å². The molecule has 1 fully saturated rings. The van der Waals surface area contributed by atoms with Gasteiger partial charge in [0.05, 0.1) is 6.54 Å². The van der Waals surface area contributed by atoms with Crippen molar-refractivity contribution in [3.8, 4) is 11.5 Å². The van der Waals surface area contributed by atoms with Gasteiger partial charge in [-0.15, -0.1) is 0 Å². The van der Waals surface area contributed by atoms with E-state index in [1.54, 1.807) is 0 Å². The minimum absolute atomic E-state index is 0.125. The molecule has 1 amide bonds. The Balaban J connectivity index is 1.74. The first-order valence-electron chi connectivity index (χ1n) is 12.9. The van der Waals surface area contributed by atoms with Crippen LogP contribution in [0, 0.1) is 5.41 Å². The summed E-state index contributed by atoms with van der Waals surface area (Å²) in [5, 5.41) is 9.29. The molecular weight excluding hydrogens is 416 g/mol. The number of likely N-dealkylation sites (tertiary alicyclic amines) is 1. The molecule has 1 saturated heterocycles. The van der Waals surface area contributed by atoms with Crippen LogP contribution in [0.3, 0.4) is 0 Å². The van der Waals surface area contributed by atoms with Crippen molar-refractivity contribution in [3.05, 3.63) is 23.8 Å². The Morgan fingerprint density at radius 1 is 1.15 bits per heavy atom. The summed E-state index contributed by atoms with van der Waals surface area (Å²) in [6.07, 6.45) is 7.24. The van der Waals surface area contributed by atoms with Gasteiger partial charge in [0.15, 0.2) is 11.5 Å². The number of aliphatic hydroxyl groups is 1. The van der Waals surface area contributed by atoms with E-state index in [4.69, 9.17) is 9.47 Å². The van der Waals surface area contributed by atoms with E-state index in [9.17, 15) is 9.90 Å². The SMILES string of the molecule is CCCCN(CCCO)C(=O)CN1CC(c2ccc3c(c2)OCO3)C[C@@H]1CC(C)(C)CCC. The second kappa shape index (κ2) is 12.1. The number of fused-ring (bicyclic) bond motifs is 1. The number of aliphatic hydroxyl groups excluding tert-OH is 1. The van der Waals surface area contributed by atoms with Gasteiger partial charge in [-0.1, -0.05) is 46.6 Å². The summed E-state index contributed by atoms with van der Waals surface area (Å²) in [5.74, 6) is 2.23. The fraction of sp³-hybridized carbons (Fsp3) is 0.741. The number of amides is 1. The monoisotopic (exact) mass is 460 g/mol. The number of rotatable bonds is 13. The number of carbonyl (C=O) groups is 1. The second-order valence-corrected chi connectivity index (χ2v) is 10.6. The number of hydrogen-bond acceptors (Lipinski definition) is 5. The molecule has 0 radical (unpaired) electrons. The summed E-state index contributed by atoms with van der Waals surface area (Å²) >= 11 is 0. The smallest absolute Gasteiger partial charge is 0.236 e. The Morgan fingerprint density at radius 3 is 2.64 bits per heavy atom. The van der Waals surface area contributed by atoms with E-state index in [-0.39, 0.29) is 17.9 Å². The predicted octanol–water partition coefficient (Wildman–Crippen LogP) is 4.80. The fourth-order valence-corrected chi connectivity index (χ4v) is 5.46. The van der Waals surface area contributed by atoms with Crippen molar-refractivity contribution in [2.75, 3.05) is 39.6 Å². The Bertz CT molecular complexity index is 758. The van der Waals surface area contributed by atoms with Gasteiger partial charge in [0.25, 0.3) is 0 Å². The lowest BCUT2D eigenvalue weighted by Crippen LogP contribution is -2.44. The van der Waals surface area contributed by atoms with Crippen molar-refractivity contribution in [2.45, 2.75) is 84.6 Å². The van der Waals surface area contributed by atoms with Gasteiger partial charge in [0, 0.05) is 32.3 Å². The van der Waals surface area contributed by atoms with E-state index < -0.39 is 0 Å². The highest BCUT2D eigenvalue weighted by molar-refractivity contribution is 5.78. The Hall–Kier alpha value is -1.79. The molecule has 6 nitrogen and oxygen atoms in total. The van der Waals surface area contributed by atoms with Crippen LogP contribution in [-0.4, -0.2) is 66.4 Å². The fourth-order valence-electron chi connectivity index (χ4n) is 5.46. The van der Waals surface area contributed by atoms with Crippen LogP contribution in [0.15, 0.2) is 18.2 Å². The third kappa shape index (κ3) is 7.10. The number of ether oxygens (including phenoxy) is 2. The van der Waals surface area contributed by atoms with Crippen molar-refractivity contribution in [2.24, 2.45) is 5.41 Å². The highest BCUT2D eigenvalue weighted by Crippen LogP contribution is 2.41. The number of hydrogen-bond donors (Lipinski definition) is 1. The first-order valence-corrected chi connectivity index (χ1v) is 12.9. The third-order valence-electron chi connectivity index (χ3n) is 7.17. The molecule has 1 N–H and O–H groups in total. The first-order chi connectivity index (χ1) is 15.9. The standard InChI is InChI=1S/C27H44N2O4/c1-5-7-12-28(13-8-14-30)26(31)19-29-18-22(15-23(29)17-27(3,4)11-6-2)21-9-10-24-25(16-21)33-20-32-24/h9-10,16,22-23,30H,5-8,11-15,17-20H2,1-4H3/t22?,23-/m1/s1. The normalized spacial score (nSPS) is 20.4. The number of unbranched alkanes of at least 4 members (excludes halogenated alkanes) is 1. The van der Waals surface area contributed by atoms with Crippen LogP contribution in [0.2, 0.25) is 0 Å². The van der Waals surface area contributed by atoms with Gasteiger partial charge in [0.1, 0.15) is 0 Å². The number of nitrogens with zero attached hydrogens (tertiary/aromatic N) is 2. The lowest BCUT2D eigenvalue weighted by molar-refractivity contribution is -0.133. The number of benzene rings is 1. The van der Waals surface area contributed by atoms with E-state index >= 15 is 0 Å². The van der Waals surface area contributed by atoms with Crippen LogP contribution in [0.4, 0.5) is 0 Å². The van der Waals surface area contributed by atoms with E-state index in [1.807, 2.05) is 11.0 Å². The quantitative estimate of drug-likeness (QED) is 0.458. The van der Waals surface area contributed by atoms with Crippen LogP contribution in [0.5, 0.6) is 11.5 Å². The third-order valence-corrected chi connectivity index (χ3v) is 7.17. The summed E-state index contributed by atoms with van der Waals surface area (Å²) in [6.45, 7) is 12.3. The largest absolute Gasteiger partial charge is 0.454 e. The minimum atomic E-state index is 0.125. The molecule has 1 aromatic carbocycles. The minimum Gasteiger partial charge on any atom is -0.454 e. The molecule has 2 heterocycles. The zero-order valence-electron chi connectivity index (χ0n) is 21.1. The van der Waals surface area contributed by atoms with E-state index in [2.05, 4.69) is 44.7 Å². The second-order valence-electron chi connectivity index (χ2n) is 10.6. The van der Waals surface area contributed by atoms with Crippen LogP contribution in [-0.2, 0) is 4.79 Å². The molecule has 3 rings (SSSR count). The highest BCUT2D eigenvalue weighted by atomic mass is 16.7. The van der Waals surface area contributed by atoms with Crippen LogP contribution in [0.1, 0.15) is 84.1 Å². The zero-order valence-corrected chi connectivity index (χ0v) is 21.1. The number of carbonyl (C=O) groups excluding carboxylic acids is 1. The molecule has 6 heteroatoms. The molecule has 1 unspecified atom stereocenters. The molecule has 186 valence electrons. The van der Waals surface area contributed by atoms with Gasteiger partial charge >= 0.3 is 0 Å². The van der Waals surface area contributed by atoms with Crippen LogP contribution >= 0.6 is 0 Å². The molecule has 0 bridgehead atoms. The van der Waals surface area contributed by atoms with E-state index in [0.29, 0.717) is 38.3 Å². The predicted molar refractivity (Wildman–Crippen MR) is 132 cm³/mol. The van der Waals surface area contributed by atoms with Crippen LogP contribution < -0.4 is 9.47 Å². The summed E-state index contributed by atoms with van der Waals surface area (Å²) in [7, 11) is 0. The Labute approximate surface area is 200 Å². The van der Waals surface area contributed by atoms with Gasteiger partial charge in [-0.05, 0) is 61.1 Å². The topological polar surface area (TPSA) is 62.2 Å². The molecule has 2 aliphatic rings. The summed E-state index contributed by atoms with van der Waals surface area (Å²) in [4.78, 5) is 17.7. The average molecular weight is 461 g/mol. The Morgan fingerprint density at radius 2 is 1.91 bits per heavy atom. The zero-order chi connectivity index (χ0) is 23.8. The first kappa shape index (κ1) is 25.8. The molecule has 33 heavy (non-hydrogen) atoms. The van der Waals surface area contributed by atoms with Crippen LogP contribution in [0.25, 0.3) is 0 Å².